The predicted octanol–water partition coefficient (Wildman–Crippen LogP) is 6.52. The molecular weight excluding hydrogens is 428 g/mol. The Morgan fingerprint density at radius 2 is 1.29 bits per heavy atom. The molecule has 2 unspecified atom stereocenters. The normalized spacial score (nSPS) is 16.4. The van der Waals surface area contributed by atoms with Gasteiger partial charge in [-0.15, -0.1) is 0 Å². The summed E-state index contributed by atoms with van der Waals surface area (Å²) in [6.45, 7) is 15.5. The fourth-order valence-corrected chi connectivity index (χ4v) is 5.43. The van der Waals surface area contributed by atoms with E-state index < -0.39 is 0 Å². The molecule has 1 heterocycles. The average molecular weight is 471 g/mol. The molecule has 0 aromatic heterocycles. The van der Waals surface area contributed by atoms with Crippen LogP contribution in [0, 0.1) is 36.5 Å². The van der Waals surface area contributed by atoms with E-state index in [0.717, 1.165) is 74.2 Å². The number of nitrogens with zero attached hydrogens (tertiary/aromatic N) is 4. The van der Waals surface area contributed by atoms with Crippen LogP contribution in [0.5, 0.6) is 0 Å². The summed E-state index contributed by atoms with van der Waals surface area (Å²) in [5.74, 6) is 1.11. The molecule has 0 radical (unpaired) electrons. The van der Waals surface area contributed by atoms with Gasteiger partial charge in [0.25, 0.3) is 0 Å². The second-order valence-electron chi connectivity index (χ2n) is 10.2. The van der Waals surface area contributed by atoms with Gasteiger partial charge in [0, 0.05) is 26.2 Å². The van der Waals surface area contributed by atoms with Crippen molar-refractivity contribution in [3.63, 3.8) is 0 Å². The summed E-state index contributed by atoms with van der Waals surface area (Å²) in [6, 6.07) is 17.4. The Morgan fingerprint density at radius 1 is 0.714 bits per heavy atom. The molecule has 2 aromatic carbocycles. The van der Waals surface area contributed by atoms with Crippen LogP contribution in [0.3, 0.4) is 0 Å². The maximum atomic E-state index is 9.38. The van der Waals surface area contributed by atoms with E-state index in [1.54, 1.807) is 0 Å². The van der Waals surface area contributed by atoms with Crippen LogP contribution in [-0.2, 0) is 0 Å². The first kappa shape index (κ1) is 26.9. The van der Waals surface area contributed by atoms with E-state index in [1.807, 2.05) is 19.9 Å². The lowest BCUT2D eigenvalue weighted by Crippen LogP contribution is -2.46. The molecule has 1 saturated heterocycles. The van der Waals surface area contributed by atoms with E-state index in [0.29, 0.717) is 11.8 Å². The van der Waals surface area contributed by atoms with Gasteiger partial charge in [-0.25, -0.2) is 0 Å². The molecule has 1 aliphatic heterocycles. The van der Waals surface area contributed by atoms with E-state index in [9.17, 15) is 10.5 Å². The summed E-state index contributed by atoms with van der Waals surface area (Å²) in [5.41, 5.74) is 6.47. The lowest BCUT2D eigenvalue weighted by molar-refractivity contribution is 0.127. The van der Waals surface area contributed by atoms with Crippen LogP contribution in [-0.4, -0.2) is 49.1 Å². The zero-order valence-electron chi connectivity index (χ0n) is 22.2. The molecule has 0 aliphatic carbocycles. The van der Waals surface area contributed by atoms with Crippen molar-refractivity contribution < 1.29 is 0 Å². The number of aryl methyl sites for hydroxylation is 2. The first-order valence-corrected chi connectivity index (χ1v) is 13.4. The summed E-state index contributed by atoms with van der Waals surface area (Å²) in [7, 11) is 0. The van der Waals surface area contributed by atoms with Gasteiger partial charge in [-0.1, -0.05) is 38.1 Å². The smallest absolute Gasteiger partial charge is 0.0994 e. The van der Waals surface area contributed by atoms with Crippen molar-refractivity contribution in [2.75, 3.05) is 39.3 Å². The molecule has 3 rings (SSSR count). The number of benzene rings is 2. The minimum atomic E-state index is 0.526. The number of piperazine rings is 1. The van der Waals surface area contributed by atoms with E-state index in [1.165, 1.54) is 30.5 Å². The summed E-state index contributed by atoms with van der Waals surface area (Å²) < 4.78 is 0. The highest BCUT2D eigenvalue weighted by Gasteiger charge is 2.19. The molecule has 4 heteroatoms. The van der Waals surface area contributed by atoms with Crippen molar-refractivity contribution in [1.29, 1.82) is 10.5 Å². The maximum absolute atomic E-state index is 9.38. The van der Waals surface area contributed by atoms with Gasteiger partial charge in [0.05, 0.1) is 23.3 Å². The largest absolute Gasteiger partial charge is 0.301 e. The van der Waals surface area contributed by atoms with Crippen molar-refractivity contribution in [3.05, 3.63) is 69.8 Å². The Balaban J connectivity index is 1.41. The first-order valence-electron chi connectivity index (χ1n) is 13.4. The molecule has 0 N–H and O–H groups in total. The van der Waals surface area contributed by atoms with Crippen LogP contribution in [0.1, 0.15) is 91.2 Å². The van der Waals surface area contributed by atoms with Crippen molar-refractivity contribution in [2.45, 2.75) is 71.6 Å². The van der Waals surface area contributed by atoms with E-state index in [-0.39, 0.29) is 0 Å². The van der Waals surface area contributed by atoms with Gasteiger partial charge in [-0.05, 0) is 105 Å². The van der Waals surface area contributed by atoms with Crippen LogP contribution in [0.4, 0.5) is 0 Å². The van der Waals surface area contributed by atoms with Crippen molar-refractivity contribution >= 4 is 0 Å². The van der Waals surface area contributed by atoms with Crippen molar-refractivity contribution in [3.8, 4) is 12.1 Å². The standard InChI is InChI=1S/C31H42N4/c1-5-26(28-11-12-30(22-32)25(4)20-28)8-7-14-34-16-18-35(19-17-34)15-13-27(6-2)29-10-9-24(3)31(21-29)23-33/h9-12,20-21,26-27H,5-8,13-19H2,1-4H3. The molecule has 0 saturated carbocycles. The fraction of sp³-hybridized carbons (Fsp3) is 0.548. The Morgan fingerprint density at radius 3 is 1.89 bits per heavy atom. The van der Waals surface area contributed by atoms with Crippen LogP contribution >= 0.6 is 0 Å². The molecular formula is C31H42N4. The summed E-state index contributed by atoms with van der Waals surface area (Å²) in [4.78, 5) is 5.25. The van der Waals surface area contributed by atoms with Crippen LogP contribution in [0.2, 0.25) is 0 Å². The summed E-state index contributed by atoms with van der Waals surface area (Å²) >= 11 is 0. The minimum Gasteiger partial charge on any atom is -0.301 e. The fourth-order valence-electron chi connectivity index (χ4n) is 5.43. The highest BCUT2D eigenvalue weighted by molar-refractivity contribution is 5.41. The second kappa shape index (κ2) is 13.4. The number of hydrogen-bond donors (Lipinski definition) is 0. The Kier molecular flexibility index (Phi) is 10.3. The Hall–Kier alpha value is -2.66. The molecule has 0 bridgehead atoms. The third-order valence-corrected chi connectivity index (χ3v) is 7.97. The van der Waals surface area contributed by atoms with Crippen LogP contribution in [0.25, 0.3) is 0 Å². The zero-order chi connectivity index (χ0) is 25.2. The van der Waals surface area contributed by atoms with E-state index >= 15 is 0 Å². The Labute approximate surface area is 213 Å². The summed E-state index contributed by atoms with van der Waals surface area (Å²) in [6.07, 6.45) is 5.86. The molecule has 0 amide bonds. The molecule has 35 heavy (non-hydrogen) atoms. The molecule has 2 aromatic rings. The summed E-state index contributed by atoms with van der Waals surface area (Å²) in [5, 5.41) is 18.6. The maximum Gasteiger partial charge on any atom is 0.0994 e. The highest BCUT2D eigenvalue weighted by Crippen LogP contribution is 2.28. The van der Waals surface area contributed by atoms with Crippen molar-refractivity contribution in [1.82, 2.24) is 9.80 Å². The SMILES string of the molecule is CCC(CCCN1CCN(CCC(CC)c2ccc(C)c(C#N)c2)CC1)c1ccc(C#N)c(C)c1. The number of rotatable bonds is 11. The zero-order valence-corrected chi connectivity index (χ0v) is 22.2. The average Bonchev–Trinajstić information content (AvgIpc) is 2.88. The van der Waals surface area contributed by atoms with E-state index in [4.69, 9.17) is 0 Å². The lowest BCUT2D eigenvalue weighted by atomic mass is 9.90. The van der Waals surface area contributed by atoms with Gasteiger partial charge in [0.15, 0.2) is 0 Å². The van der Waals surface area contributed by atoms with Gasteiger partial charge in [0.1, 0.15) is 0 Å². The molecule has 1 fully saturated rings. The molecule has 2 atom stereocenters. The molecule has 4 nitrogen and oxygen atoms in total. The minimum absolute atomic E-state index is 0.526. The quantitative estimate of drug-likeness (QED) is 0.375. The highest BCUT2D eigenvalue weighted by atomic mass is 15.3. The third-order valence-electron chi connectivity index (χ3n) is 7.97. The molecule has 0 spiro atoms. The van der Waals surface area contributed by atoms with Gasteiger partial charge < -0.3 is 9.80 Å². The number of nitriles is 2. The Bertz CT molecular complexity index is 1040. The van der Waals surface area contributed by atoms with Crippen molar-refractivity contribution in [2.24, 2.45) is 0 Å². The van der Waals surface area contributed by atoms with Gasteiger partial charge in [-0.2, -0.15) is 10.5 Å². The first-order chi connectivity index (χ1) is 17.0. The monoisotopic (exact) mass is 470 g/mol. The van der Waals surface area contributed by atoms with Gasteiger partial charge in [0.2, 0.25) is 0 Å². The van der Waals surface area contributed by atoms with Gasteiger partial charge >= 0.3 is 0 Å². The predicted molar refractivity (Wildman–Crippen MR) is 145 cm³/mol. The van der Waals surface area contributed by atoms with Crippen LogP contribution in [0.15, 0.2) is 36.4 Å². The lowest BCUT2D eigenvalue weighted by Gasteiger charge is -2.35. The molecule has 1 aliphatic rings. The van der Waals surface area contributed by atoms with Crippen LogP contribution < -0.4 is 0 Å². The topological polar surface area (TPSA) is 54.1 Å². The third kappa shape index (κ3) is 7.41. The van der Waals surface area contributed by atoms with Gasteiger partial charge in [-0.3, -0.25) is 0 Å². The number of hydrogen-bond acceptors (Lipinski definition) is 4. The van der Waals surface area contributed by atoms with E-state index in [2.05, 4.69) is 66.1 Å². The molecule has 186 valence electrons. The second-order valence-corrected chi connectivity index (χ2v) is 10.2.